The molecule has 1 aliphatic heterocycles. The minimum atomic E-state index is -0.519. The van der Waals surface area contributed by atoms with Gasteiger partial charge in [0.25, 0.3) is 5.24 Å². The molecule has 1 N–H and O–H groups in total. The number of rotatable bonds is 6. The molecule has 1 atom stereocenters. The smallest absolute Gasteiger partial charge is 0.286 e. The average Bonchev–Trinajstić information content (AvgIpc) is 3.37. The van der Waals surface area contributed by atoms with E-state index in [1.165, 1.54) is 5.56 Å². The van der Waals surface area contributed by atoms with Crippen LogP contribution in [0.5, 0.6) is 0 Å². The number of hydrogen-bond donors (Lipinski definition) is 1. The number of nitrogens with one attached hydrogen (secondary N) is 1. The molecule has 0 spiro atoms. The number of thioether (sulfide) groups is 1. The summed E-state index contributed by atoms with van der Waals surface area (Å²) in [6.07, 6.45) is 3.14. The maximum Gasteiger partial charge on any atom is 0.286 e. The number of aromatic nitrogens is 2. The maximum atomic E-state index is 12.3. The summed E-state index contributed by atoms with van der Waals surface area (Å²) in [5.41, 5.74) is 7.24. The lowest BCUT2D eigenvalue weighted by Crippen LogP contribution is -2.20. The first-order chi connectivity index (χ1) is 16.1. The van der Waals surface area contributed by atoms with Gasteiger partial charge in [0.1, 0.15) is 11.1 Å². The predicted molar refractivity (Wildman–Crippen MR) is 134 cm³/mol. The summed E-state index contributed by atoms with van der Waals surface area (Å²) in [4.78, 5) is 29.0. The highest BCUT2D eigenvalue weighted by atomic mass is 32.2. The van der Waals surface area contributed by atoms with Crippen LogP contribution in [0.15, 0.2) is 66.7 Å². The number of benzene rings is 3. The Labute approximate surface area is 197 Å². The number of imidazole rings is 1. The first-order valence-corrected chi connectivity index (χ1v) is 12.1. The maximum absolute atomic E-state index is 12.3. The molecule has 0 saturated carbocycles. The third-order valence-electron chi connectivity index (χ3n) is 6.08. The standard InChI is InChI=1S/C27H25N3O2S/c1-3-4-12-23-28-24-17(2)8-7-11-22(24)30(23)19-15-13-18(14-16-19)20-9-5-6-10-21(20)25-26(31)29-27(32)33-25/h5-11,13-16,25H,3-4,12H2,1-2H3,(H,29,31,32). The molecule has 5 nitrogen and oxygen atoms in total. The molecular formula is C27H25N3O2S. The number of imide groups is 1. The quantitative estimate of drug-likeness (QED) is 0.367. The van der Waals surface area contributed by atoms with Crippen LogP contribution in [0.3, 0.4) is 0 Å². The molecule has 6 heteroatoms. The van der Waals surface area contributed by atoms with Crippen molar-refractivity contribution >= 4 is 33.9 Å². The number of hydrogen-bond acceptors (Lipinski definition) is 4. The second-order valence-corrected chi connectivity index (χ2v) is 9.40. The highest BCUT2D eigenvalue weighted by Crippen LogP contribution is 2.39. The van der Waals surface area contributed by atoms with E-state index in [4.69, 9.17) is 4.98 Å². The summed E-state index contributed by atoms with van der Waals surface area (Å²) < 4.78 is 2.26. The lowest BCUT2D eigenvalue weighted by molar-refractivity contribution is -0.119. The van der Waals surface area contributed by atoms with Gasteiger partial charge in [-0.1, -0.05) is 61.9 Å². The number of para-hydroxylation sites is 1. The Morgan fingerprint density at radius 3 is 2.52 bits per heavy atom. The minimum absolute atomic E-state index is 0.255. The fourth-order valence-electron chi connectivity index (χ4n) is 4.42. The molecule has 2 heterocycles. The van der Waals surface area contributed by atoms with E-state index < -0.39 is 5.25 Å². The Bertz CT molecular complexity index is 1360. The van der Waals surface area contributed by atoms with Crippen LogP contribution in [-0.4, -0.2) is 20.7 Å². The van der Waals surface area contributed by atoms with Crippen LogP contribution >= 0.6 is 11.8 Å². The minimum Gasteiger partial charge on any atom is -0.296 e. The Morgan fingerprint density at radius 1 is 1.00 bits per heavy atom. The molecule has 33 heavy (non-hydrogen) atoms. The Kier molecular flexibility index (Phi) is 5.77. The number of amides is 2. The van der Waals surface area contributed by atoms with E-state index in [2.05, 4.69) is 66.2 Å². The molecule has 1 unspecified atom stereocenters. The van der Waals surface area contributed by atoms with Crippen LogP contribution in [0.2, 0.25) is 0 Å². The molecular weight excluding hydrogens is 430 g/mol. The topological polar surface area (TPSA) is 64.0 Å². The van der Waals surface area contributed by atoms with Crippen LogP contribution < -0.4 is 5.32 Å². The van der Waals surface area contributed by atoms with E-state index >= 15 is 0 Å². The third kappa shape index (κ3) is 3.95. The first kappa shape index (κ1) is 21.5. The van der Waals surface area contributed by atoms with Crippen LogP contribution in [-0.2, 0) is 11.2 Å². The van der Waals surface area contributed by atoms with E-state index in [0.717, 1.165) is 70.3 Å². The van der Waals surface area contributed by atoms with E-state index in [1.807, 2.05) is 24.3 Å². The van der Waals surface area contributed by atoms with Gasteiger partial charge in [-0.2, -0.15) is 0 Å². The predicted octanol–water partition coefficient (Wildman–Crippen LogP) is 6.37. The van der Waals surface area contributed by atoms with Gasteiger partial charge in [0.15, 0.2) is 0 Å². The summed E-state index contributed by atoms with van der Waals surface area (Å²) in [5, 5.41) is 1.58. The molecule has 0 radical (unpaired) electrons. The Morgan fingerprint density at radius 2 is 1.79 bits per heavy atom. The van der Waals surface area contributed by atoms with Crippen LogP contribution in [0, 0.1) is 6.92 Å². The Balaban J connectivity index is 1.56. The summed E-state index contributed by atoms with van der Waals surface area (Å²) in [6, 6.07) is 22.5. The highest BCUT2D eigenvalue weighted by Gasteiger charge is 2.34. The number of nitrogens with zero attached hydrogens (tertiary/aromatic N) is 2. The number of unbranched alkanes of at least 4 members (excludes halogenated alkanes) is 1. The first-order valence-electron chi connectivity index (χ1n) is 11.2. The SMILES string of the molecule is CCCCc1nc2c(C)cccc2n1-c1ccc(-c2ccccc2C2SC(=O)NC2=O)cc1. The van der Waals surface area contributed by atoms with Crippen molar-refractivity contribution in [3.63, 3.8) is 0 Å². The van der Waals surface area contributed by atoms with Crippen molar-refractivity contribution in [2.45, 2.75) is 38.4 Å². The second-order valence-electron chi connectivity index (χ2n) is 8.32. The molecule has 4 aromatic rings. The molecule has 5 rings (SSSR count). The number of aryl methyl sites for hydroxylation is 2. The monoisotopic (exact) mass is 455 g/mol. The summed E-state index contributed by atoms with van der Waals surface area (Å²) in [7, 11) is 0. The molecule has 1 aromatic heterocycles. The zero-order valence-corrected chi connectivity index (χ0v) is 19.5. The van der Waals surface area contributed by atoms with Crippen molar-refractivity contribution in [1.82, 2.24) is 14.9 Å². The fraction of sp³-hybridized carbons (Fsp3) is 0.222. The van der Waals surface area contributed by atoms with Gasteiger partial charge in [0.2, 0.25) is 5.91 Å². The van der Waals surface area contributed by atoms with E-state index in [9.17, 15) is 9.59 Å². The molecule has 2 amide bonds. The number of fused-ring (bicyclic) bond motifs is 1. The van der Waals surface area contributed by atoms with Gasteiger partial charge in [-0.3, -0.25) is 19.5 Å². The lowest BCUT2D eigenvalue weighted by atomic mass is 9.97. The van der Waals surface area contributed by atoms with Crippen LogP contribution in [0.4, 0.5) is 4.79 Å². The van der Waals surface area contributed by atoms with E-state index in [1.54, 1.807) is 0 Å². The highest BCUT2D eigenvalue weighted by molar-refractivity contribution is 8.15. The molecule has 166 valence electrons. The van der Waals surface area contributed by atoms with Crippen LogP contribution in [0.1, 0.15) is 42.0 Å². The van der Waals surface area contributed by atoms with Gasteiger partial charge in [0, 0.05) is 12.1 Å². The Hall–Kier alpha value is -3.38. The normalized spacial score (nSPS) is 15.9. The van der Waals surface area contributed by atoms with Crippen molar-refractivity contribution in [2.24, 2.45) is 0 Å². The molecule has 1 saturated heterocycles. The zero-order chi connectivity index (χ0) is 22.9. The van der Waals surface area contributed by atoms with Crippen molar-refractivity contribution in [1.29, 1.82) is 0 Å². The van der Waals surface area contributed by atoms with Gasteiger partial charge in [-0.25, -0.2) is 4.98 Å². The van der Waals surface area contributed by atoms with Crippen molar-refractivity contribution < 1.29 is 9.59 Å². The zero-order valence-electron chi connectivity index (χ0n) is 18.7. The molecule has 3 aromatic carbocycles. The average molecular weight is 456 g/mol. The van der Waals surface area contributed by atoms with Gasteiger partial charge in [-0.05, 0) is 65.6 Å². The molecule has 0 aliphatic carbocycles. The lowest BCUT2D eigenvalue weighted by Gasteiger charge is -2.14. The second kappa shape index (κ2) is 8.87. The van der Waals surface area contributed by atoms with Crippen molar-refractivity contribution in [3.05, 3.63) is 83.7 Å². The third-order valence-corrected chi connectivity index (χ3v) is 7.10. The molecule has 1 aliphatic rings. The van der Waals surface area contributed by atoms with Gasteiger partial charge in [0.05, 0.1) is 11.0 Å². The fourth-order valence-corrected chi connectivity index (χ4v) is 5.29. The van der Waals surface area contributed by atoms with Crippen molar-refractivity contribution in [2.75, 3.05) is 0 Å². The summed E-state index contributed by atoms with van der Waals surface area (Å²) in [5.74, 6) is 0.821. The van der Waals surface area contributed by atoms with Gasteiger partial charge >= 0.3 is 0 Å². The number of carbonyl (C=O) groups excluding carboxylic acids is 2. The summed E-state index contributed by atoms with van der Waals surface area (Å²) in [6.45, 7) is 4.30. The molecule has 0 bridgehead atoms. The summed E-state index contributed by atoms with van der Waals surface area (Å²) >= 11 is 1.04. The van der Waals surface area contributed by atoms with E-state index in [0.29, 0.717) is 0 Å². The number of carbonyl (C=O) groups is 2. The van der Waals surface area contributed by atoms with Gasteiger partial charge in [-0.15, -0.1) is 0 Å². The van der Waals surface area contributed by atoms with E-state index in [-0.39, 0.29) is 11.1 Å². The van der Waals surface area contributed by atoms with Gasteiger partial charge < -0.3 is 0 Å². The molecule has 1 fully saturated rings. The van der Waals surface area contributed by atoms with Crippen LogP contribution in [0.25, 0.3) is 27.8 Å². The largest absolute Gasteiger partial charge is 0.296 e. The van der Waals surface area contributed by atoms with Crippen molar-refractivity contribution in [3.8, 4) is 16.8 Å².